The van der Waals surface area contributed by atoms with E-state index in [-0.39, 0.29) is 17.9 Å². The molecular weight excluding hydrogens is 261 g/mol. The zero-order valence-corrected chi connectivity index (χ0v) is 11.5. The fourth-order valence-electron chi connectivity index (χ4n) is 2.95. The van der Waals surface area contributed by atoms with Gasteiger partial charge in [-0.2, -0.15) is 0 Å². The van der Waals surface area contributed by atoms with Crippen LogP contribution in [0.15, 0.2) is 18.2 Å². The van der Waals surface area contributed by atoms with Crippen LogP contribution in [0.3, 0.4) is 0 Å². The summed E-state index contributed by atoms with van der Waals surface area (Å²) >= 11 is 0. The summed E-state index contributed by atoms with van der Waals surface area (Å²) in [6.45, 7) is 1.93. The number of phenolic OH excluding ortho intramolecular Hbond substituents is 1. The van der Waals surface area contributed by atoms with Crippen molar-refractivity contribution >= 4 is 5.91 Å². The lowest BCUT2D eigenvalue weighted by Gasteiger charge is -2.39. The summed E-state index contributed by atoms with van der Waals surface area (Å²) < 4.78 is 13.7. The predicted octanol–water partition coefficient (Wildman–Crippen LogP) is 2.20. The predicted molar refractivity (Wildman–Crippen MR) is 73.0 cm³/mol. The number of aromatic hydroxyl groups is 1. The lowest BCUT2D eigenvalue weighted by molar-refractivity contribution is 0.0693. The Bertz CT molecular complexity index is 506. The summed E-state index contributed by atoms with van der Waals surface area (Å²) in [5.41, 5.74) is -0.784. The summed E-state index contributed by atoms with van der Waals surface area (Å²) in [6, 6.07) is 3.43. The molecule has 20 heavy (non-hydrogen) atoms. The molecule has 0 spiro atoms. The first-order chi connectivity index (χ1) is 9.46. The number of carbonyl (C=O) groups excluding carboxylic acids is 1. The highest BCUT2D eigenvalue weighted by molar-refractivity contribution is 5.95. The van der Waals surface area contributed by atoms with Crippen LogP contribution >= 0.6 is 0 Å². The second-order valence-electron chi connectivity index (χ2n) is 5.76. The molecule has 1 amide bonds. The van der Waals surface area contributed by atoms with Gasteiger partial charge >= 0.3 is 0 Å². The van der Waals surface area contributed by atoms with Crippen molar-refractivity contribution in [1.29, 1.82) is 0 Å². The summed E-state index contributed by atoms with van der Waals surface area (Å²) in [5, 5.41) is 21.6. The average molecular weight is 281 g/mol. The first-order valence-corrected chi connectivity index (χ1v) is 6.88. The molecule has 3 N–H and O–H groups in total. The fraction of sp³-hybridized carbons (Fsp3) is 0.533. The van der Waals surface area contributed by atoms with E-state index in [0.29, 0.717) is 18.8 Å². The van der Waals surface area contributed by atoms with Gasteiger partial charge in [-0.3, -0.25) is 4.79 Å². The molecule has 1 saturated carbocycles. The molecule has 110 valence electrons. The Morgan fingerprint density at radius 2 is 2.30 bits per heavy atom. The number of aliphatic hydroxyl groups excluding tert-OH is 1. The second kappa shape index (κ2) is 5.79. The van der Waals surface area contributed by atoms with Crippen LogP contribution in [0.1, 0.15) is 43.0 Å². The van der Waals surface area contributed by atoms with Crippen LogP contribution in [0.5, 0.6) is 5.75 Å². The number of amides is 1. The number of halogens is 1. The standard InChI is InChI=1S/C15H20FNO3/c1-10-3-2-6-15(8-10,9-18)17-14(20)12-5-4-11(19)7-13(12)16/h4-5,7,10,18-19H,2-3,6,8-9H2,1H3,(H,17,20). The van der Waals surface area contributed by atoms with Crippen LogP contribution in [-0.2, 0) is 0 Å². The van der Waals surface area contributed by atoms with Crippen LogP contribution in [-0.4, -0.2) is 28.3 Å². The summed E-state index contributed by atoms with van der Waals surface area (Å²) in [4.78, 5) is 12.2. The molecule has 0 radical (unpaired) electrons. The van der Waals surface area contributed by atoms with Gasteiger partial charge in [0.2, 0.25) is 0 Å². The van der Waals surface area contributed by atoms with E-state index < -0.39 is 17.3 Å². The van der Waals surface area contributed by atoms with Crippen LogP contribution in [0.4, 0.5) is 4.39 Å². The number of phenols is 1. The highest BCUT2D eigenvalue weighted by Crippen LogP contribution is 2.32. The van der Waals surface area contributed by atoms with Gasteiger partial charge < -0.3 is 15.5 Å². The number of benzene rings is 1. The lowest BCUT2D eigenvalue weighted by Crippen LogP contribution is -2.54. The van der Waals surface area contributed by atoms with Crippen LogP contribution in [0.25, 0.3) is 0 Å². The third-order valence-electron chi connectivity index (χ3n) is 3.97. The van der Waals surface area contributed by atoms with Gasteiger partial charge in [-0.1, -0.05) is 19.8 Å². The minimum Gasteiger partial charge on any atom is -0.508 e. The van der Waals surface area contributed by atoms with Gasteiger partial charge in [0.15, 0.2) is 0 Å². The Hall–Kier alpha value is -1.62. The number of carbonyl (C=O) groups is 1. The topological polar surface area (TPSA) is 69.6 Å². The van der Waals surface area contributed by atoms with Crippen LogP contribution in [0.2, 0.25) is 0 Å². The lowest BCUT2D eigenvalue weighted by atomic mass is 9.76. The van der Waals surface area contributed by atoms with Gasteiger partial charge in [0.25, 0.3) is 5.91 Å². The maximum Gasteiger partial charge on any atom is 0.254 e. The molecule has 0 aromatic heterocycles. The maximum atomic E-state index is 13.7. The first kappa shape index (κ1) is 14.8. The molecule has 2 unspecified atom stereocenters. The number of aliphatic hydroxyl groups is 1. The quantitative estimate of drug-likeness (QED) is 0.795. The van der Waals surface area contributed by atoms with Gasteiger partial charge in [-0.25, -0.2) is 4.39 Å². The number of rotatable bonds is 3. The van der Waals surface area contributed by atoms with Crippen molar-refractivity contribution in [2.24, 2.45) is 5.92 Å². The molecule has 0 heterocycles. The smallest absolute Gasteiger partial charge is 0.254 e. The molecule has 2 atom stereocenters. The Morgan fingerprint density at radius 3 is 2.90 bits per heavy atom. The molecule has 2 rings (SSSR count). The summed E-state index contributed by atoms with van der Waals surface area (Å²) in [5.74, 6) is -1.12. The molecule has 0 saturated heterocycles. The van der Waals surface area contributed by atoms with Crippen molar-refractivity contribution in [3.05, 3.63) is 29.6 Å². The molecular formula is C15H20FNO3. The van der Waals surface area contributed by atoms with E-state index in [1.807, 2.05) is 0 Å². The van der Waals surface area contributed by atoms with E-state index in [2.05, 4.69) is 12.2 Å². The van der Waals surface area contributed by atoms with Crippen molar-refractivity contribution in [2.45, 2.75) is 38.1 Å². The minimum absolute atomic E-state index is 0.117. The second-order valence-corrected chi connectivity index (χ2v) is 5.76. The van der Waals surface area contributed by atoms with Crippen molar-refractivity contribution < 1.29 is 19.4 Å². The van der Waals surface area contributed by atoms with E-state index in [0.717, 1.165) is 18.9 Å². The minimum atomic E-state index is -0.764. The van der Waals surface area contributed by atoms with E-state index >= 15 is 0 Å². The van der Waals surface area contributed by atoms with E-state index in [9.17, 15) is 14.3 Å². The summed E-state index contributed by atoms with van der Waals surface area (Å²) in [6.07, 6.45) is 3.39. The van der Waals surface area contributed by atoms with Crippen molar-refractivity contribution in [2.75, 3.05) is 6.61 Å². The SMILES string of the molecule is CC1CCCC(CO)(NC(=O)c2ccc(O)cc2F)C1. The average Bonchev–Trinajstić information content (AvgIpc) is 2.38. The highest BCUT2D eigenvalue weighted by atomic mass is 19.1. The third kappa shape index (κ3) is 3.10. The maximum absolute atomic E-state index is 13.7. The molecule has 4 nitrogen and oxygen atoms in total. The normalized spacial score (nSPS) is 26.2. The van der Waals surface area contributed by atoms with Crippen molar-refractivity contribution in [1.82, 2.24) is 5.32 Å². The molecule has 1 aliphatic rings. The molecule has 5 heteroatoms. The van der Waals surface area contributed by atoms with Crippen molar-refractivity contribution in [3.8, 4) is 5.75 Å². The van der Waals surface area contributed by atoms with Crippen LogP contribution < -0.4 is 5.32 Å². The van der Waals surface area contributed by atoms with Gasteiger partial charge in [0, 0.05) is 6.07 Å². The zero-order chi connectivity index (χ0) is 14.8. The van der Waals surface area contributed by atoms with Gasteiger partial charge in [0.05, 0.1) is 17.7 Å². The summed E-state index contributed by atoms with van der Waals surface area (Å²) in [7, 11) is 0. The van der Waals surface area contributed by atoms with Gasteiger partial charge in [-0.05, 0) is 30.9 Å². The Morgan fingerprint density at radius 1 is 1.55 bits per heavy atom. The fourth-order valence-corrected chi connectivity index (χ4v) is 2.95. The van der Waals surface area contributed by atoms with E-state index in [4.69, 9.17) is 5.11 Å². The Labute approximate surface area is 117 Å². The number of hydrogen-bond acceptors (Lipinski definition) is 3. The number of nitrogens with one attached hydrogen (secondary N) is 1. The van der Waals surface area contributed by atoms with E-state index in [1.165, 1.54) is 12.1 Å². The van der Waals surface area contributed by atoms with Gasteiger partial charge in [0.1, 0.15) is 11.6 Å². The molecule has 1 aliphatic carbocycles. The molecule has 0 aliphatic heterocycles. The van der Waals surface area contributed by atoms with Crippen LogP contribution in [0, 0.1) is 11.7 Å². The third-order valence-corrected chi connectivity index (χ3v) is 3.97. The Kier molecular flexibility index (Phi) is 4.28. The monoisotopic (exact) mass is 281 g/mol. The molecule has 1 fully saturated rings. The van der Waals surface area contributed by atoms with Gasteiger partial charge in [-0.15, -0.1) is 0 Å². The highest BCUT2D eigenvalue weighted by Gasteiger charge is 2.36. The first-order valence-electron chi connectivity index (χ1n) is 6.88. The zero-order valence-electron chi connectivity index (χ0n) is 11.5. The molecule has 0 bridgehead atoms. The number of hydrogen-bond donors (Lipinski definition) is 3. The molecule has 1 aromatic rings. The van der Waals surface area contributed by atoms with E-state index in [1.54, 1.807) is 0 Å². The largest absolute Gasteiger partial charge is 0.508 e. The van der Waals surface area contributed by atoms with Crippen molar-refractivity contribution in [3.63, 3.8) is 0 Å². The molecule has 1 aromatic carbocycles. The Balaban J connectivity index is 2.16.